The topological polar surface area (TPSA) is 92.8 Å². The number of ether oxygens (including phenoxy) is 4. The minimum Gasteiger partial charge on any atom is -0.491 e. The first kappa shape index (κ1) is 36.7. The molecule has 8 rings (SSSR count). The van der Waals surface area contributed by atoms with Crippen molar-refractivity contribution in [1.82, 2.24) is 5.32 Å². The lowest BCUT2D eigenvalue weighted by molar-refractivity contribution is -0.127. The van der Waals surface area contributed by atoms with Crippen LogP contribution in [-0.4, -0.2) is 91.7 Å². The summed E-state index contributed by atoms with van der Waals surface area (Å²) in [5.41, 5.74) is 3.93. The zero-order valence-corrected chi connectivity index (χ0v) is 31.0. The van der Waals surface area contributed by atoms with Crippen molar-refractivity contribution in [3.05, 3.63) is 40.9 Å². The van der Waals surface area contributed by atoms with Gasteiger partial charge in [0.05, 0.1) is 62.9 Å². The van der Waals surface area contributed by atoms with Gasteiger partial charge in [0, 0.05) is 48.2 Å². The summed E-state index contributed by atoms with van der Waals surface area (Å²) in [6.07, 6.45) is 5.03. The first-order chi connectivity index (χ1) is 22.6. The molecule has 6 aliphatic heterocycles. The average Bonchev–Trinajstić information content (AvgIpc) is 3.24. The van der Waals surface area contributed by atoms with Crippen molar-refractivity contribution in [3.8, 4) is 11.5 Å². The molecule has 1 N–H and O–H groups in total. The van der Waals surface area contributed by atoms with Gasteiger partial charge in [0.1, 0.15) is 11.5 Å². The zero-order chi connectivity index (χ0) is 33.2. The van der Waals surface area contributed by atoms with E-state index in [9.17, 15) is 9.59 Å². The fourth-order valence-corrected chi connectivity index (χ4v) is 7.34. The van der Waals surface area contributed by atoms with Gasteiger partial charge in [0.15, 0.2) is 0 Å². The SMILES string of the molecule is C1CC2(CCN1)COC2.C[C@H]1COc2ccc(Br)cc2N(C)C1=O.C[C@H]1COc2ccc(N3CCC4(CC3)COC4)cc2N(C)C1=O.Cl. The van der Waals surface area contributed by atoms with E-state index in [1.807, 2.05) is 45.2 Å². The Balaban J connectivity index is 0.000000154. The van der Waals surface area contributed by atoms with Gasteiger partial charge < -0.3 is 39.0 Å². The first-order valence-corrected chi connectivity index (χ1v) is 17.7. The van der Waals surface area contributed by atoms with Crippen molar-refractivity contribution < 1.29 is 28.5 Å². The van der Waals surface area contributed by atoms with Crippen molar-refractivity contribution in [2.45, 2.75) is 39.5 Å². The normalized spacial score (nSPS) is 25.1. The van der Waals surface area contributed by atoms with E-state index in [-0.39, 0.29) is 36.1 Å². The fraction of sp³-hybridized carbons (Fsp3) is 0.611. The molecule has 0 unspecified atom stereocenters. The van der Waals surface area contributed by atoms with Crippen LogP contribution in [0.3, 0.4) is 0 Å². The lowest BCUT2D eigenvalue weighted by Gasteiger charge is -2.47. The number of halogens is 2. The third-order valence-electron chi connectivity index (χ3n) is 10.6. The maximum atomic E-state index is 12.3. The van der Waals surface area contributed by atoms with E-state index < -0.39 is 0 Å². The van der Waals surface area contributed by atoms with Crippen LogP contribution in [0.2, 0.25) is 0 Å². The summed E-state index contributed by atoms with van der Waals surface area (Å²) in [5.74, 6) is 1.57. The number of rotatable bonds is 1. The molecule has 2 spiro atoms. The summed E-state index contributed by atoms with van der Waals surface area (Å²) in [6, 6.07) is 11.9. The maximum Gasteiger partial charge on any atom is 0.233 e. The van der Waals surface area contributed by atoms with E-state index in [2.05, 4.69) is 38.3 Å². The highest BCUT2D eigenvalue weighted by Gasteiger charge is 2.41. The summed E-state index contributed by atoms with van der Waals surface area (Å²) in [6.45, 7) is 13.1. The maximum absolute atomic E-state index is 12.3. The Labute approximate surface area is 299 Å². The second-order valence-electron chi connectivity index (χ2n) is 14.2. The van der Waals surface area contributed by atoms with E-state index in [0.717, 1.165) is 66.9 Å². The van der Waals surface area contributed by atoms with Crippen LogP contribution in [-0.2, 0) is 19.1 Å². The predicted octanol–water partition coefficient (Wildman–Crippen LogP) is 5.54. The summed E-state index contributed by atoms with van der Waals surface area (Å²) < 4.78 is 22.9. The lowest BCUT2D eigenvalue weighted by atomic mass is 9.77. The molecule has 2 atom stereocenters. The highest BCUT2D eigenvalue weighted by Crippen LogP contribution is 2.42. The molecule has 6 aliphatic rings. The molecule has 10 nitrogen and oxygen atoms in total. The zero-order valence-electron chi connectivity index (χ0n) is 28.6. The quantitative estimate of drug-likeness (QED) is 0.407. The predicted molar refractivity (Wildman–Crippen MR) is 194 cm³/mol. The van der Waals surface area contributed by atoms with Gasteiger partial charge >= 0.3 is 0 Å². The van der Waals surface area contributed by atoms with Crippen LogP contribution in [0.15, 0.2) is 40.9 Å². The van der Waals surface area contributed by atoms with E-state index in [1.165, 1.54) is 44.5 Å². The van der Waals surface area contributed by atoms with E-state index in [4.69, 9.17) is 18.9 Å². The van der Waals surface area contributed by atoms with Crippen molar-refractivity contribution in [3.63, 3.8) is 0 Å². The summed E-state index contributed by atoms with van der Waals surface area (Å²) >= 11 is 3.38. The van der Waals surface area contributed by atoms with Crippen molar-refractivity contribution in [2.24, 2.45) is 22.7 Å². The summed E-state index contributed by atoms with van der Waals surface area (Å²) in [4.78, 5) is 30.0. The minimum atomic E-state index is -0.107. The van der Waals surface area contributed by atoms with Crippen LogP contribution in [0, 0.1) is 22.7 Å². The molecule has 4 saturated heterocycles. The molecule has 48 heavy (non-hydrogen) atoms. The number of anilines is 3. The molecule has 0 bridgehead atoms. The van der Waals surface area contributed by atoms with Gasteiger partial charge in [-0.05, 0) is 75.2 Å². The van der Waals surface area contributed by atoms with Gasteiger partial charge in [-0.15, -0.1) is 12.4 Å². The van der Waals surface area contributed by atoms with Gasteiger partial charge in [-0.1, -0.05) is 29.8 Å². The molecule has 0 radical (unpaired) electrons. The summed E-state index contributed by atoms with van der Waals surface area (Å²) in [5, 5.41) is 3.35. The Hall–Kier alpha value is -2.57. The molecule has 2 aromatic rings. The average molecular weight is 750 g/mol. The molecular formula is C36H50BrClN4O6. The molecule has 2 amide bonds. The van der Waals surface area contributed by atoms with Crippen molar-refractivity contribution in [2.75, 3.05) is 94.6 Å². The van der Waals surface area contributed by atoms with Crippen LogP contribution >= 0.6 is 28.3 Å². The van der Waals surface area contributed by atoms with E-state index in [0.29, 0.717) is 24.0 Å². The molecule has 2 aromatic carbocycles. The first-order valence-electron chi connectivity index (χ1n) is 16.9. The Morgan fingerprint density at radius 2 is 1.21 bits per heavy atom. The van der Waals surface area contributed by atoms with Crippen LogP contribution in [0.4, 0.5) is 17.1 Å². The number of carbonyl (C=O) groups excluding carboxylic acids is 2. The molecule has 4 fully saturated rings. The largest absolute Gasteiger partial charge is 0.491 e. The number of benzene rings is 2. The number of nitrogens with one attached hydrogen (secondary N) is 1. The standard InChI is InChI=1S/C18H24N2O3.C11H12BrNO2.C7H13NO.ClH/c1-13-10-23-16-4-3-14(9-15(16)19(2)17(13)21)20-7-5-18(6-8-20)11-22-12-18;1-7-6-15-10-4-3-8(12)5-9(10)13(2)11(7)14;1-3-8-4-2-7(1)5-9-6-7;/h3-4,9,13H,5-8,10-12H2,1-2H3;3-5,7H,6H2,1-2H3;8H,1-6H2;1H/t13-;7-;;/m00../s1. The van der Waals surface area contributed by atoms with Crippen molar-refractivity contribution in [1.29, 1.82) is 0 Å². The van der Waals surface area contributed by atoms with Gasteiger partial charge in [0.25, 0.3) is 0 Å². The van der Waals surface area contributed by atoms with E-state index >= 15 is 0 Å². The fourth-order valence-electron chi connectivity index (χ4n) is 6.99. The van der Waals surface area contributed by atoms with Gasteiger partial charge in [0.2, 0.25) is 11.8 Å². The molecule has 0 saturated carbocycles. The third-order valence-corrected chi connectivity index (χ3v) is 11.0. The Bertz CT molecular complexity index is 1440. The van der Waals surface area contributed by atoms with Crippen molar-refractivity contribution >= 4 is 57.2 Å². The monoisotopic (exact) mass is 748 g/mol. The van der Waals surface area contributed by atoms with E-state index in [1.54, 1.807) is 16.8 Å². The number of nitrogens with zero attached hydrogens (tertiary/aromatic N) is 3. The molecular weight excluding hydrogens is 700 g/mol. The van der Waals surface area contributed by atoms with Crippen LogP contribution < -0.4 is 29.5 Å². The smallest absolute Gasteiger partial charge is 0.233 e. The Kier molecular flexibility index (Phi) is 11.9. The van der Waals surface area contributed by atoms with Gasteiger partial charge in [-0.25, -0.2) is 0 Å². The molecule has 12 heteroatoms. The highest BCUT2D eigenvalue weighted by atomic mass is 79.9. The Morgan fingerprint density at radius 1 is 0.729 bits per heavy atom. The number of piperidine rings is 2. The summed E-state index contributed by atoms with van der Waals surface area (Å²) in [7, 11) is 3.62. The van der Waals surface area contributed by atoms with Gasteiger partial charge in [-0.3, -0.25) is 9.59 Å². The van der Waals surface area contributed by atoms with Gasteiger partial charge in [-0.2, -0.15) is 0 Å². The highest BCUT2D eigenvalue weighted by molar-refractivity contribution is 9.10. The Morgan fingerprint density at radius 3 is 1.69 bits per heavy atom. The number of carbonyl (C=O) groups is 2. The second kappa shape index (κ2) is 15.5. The molecule has 0 aliphatic carbocycles. The van der Waals surface area contributed by atoms with Crippen LogP contribution in [0.25, 0.3) is 0 Å². The number of hydrogen-bond donors (Lipinski definition) is 1. The number of hydrogen-bond acceptors (Lipinski definition) is 8. The molecule has 0 aromatic heterocycles. The molecule has 264 valence electrons. The number of amides is 2. The second-order valence-corrected chi connectivity index (χ2v) is 15.1. The lowest BCUT2D eigenvalue weighted by Crippen LogP contribution is -2.50. The van der Waals surface area contributed by atoms with Crippen LogP contribution in [0.5, 0.6) is 11.5 Å². The van der Waals surface area contributed by atoms with Crippen LogP contribution in [0.1, 0.15) is 39.5 Å². The number of fused-ring (bicyclic) bond motifs is 2. The third kappa shape index (κ3) is 7.91. The minimum absolute atomic E-state index is 0. The molecule has 6 heterocycles.